The Balaban J connectivity index is 1.65. The molecule has 0 amide bonds. The van der Waals surface area contributed by atoms with Gasteiger partial charge in [-0.3, -0.25) is 4.99 Å². The van der Waals surface area contributed by atoms with E-state index in [1.54, 1.807) is 0 Å². The summed E-state index contributed by atoms with van der Waals surface area (Å²) in [7, 11) is 0. The molecule has 1 fully saturated rings. The first kappa shape index (κ1) is 21.3. The number of guanidine groups is 1. The minimum absolute atomic E-state index is 0.564. The molecular formula is C19H29Cl2N3O2. The van der Waals surface area contributed by atoms with Crippen LogP contribution in [-0.4, -0.2) is 52.0 Å². The maximum Gasteiger partial charge on any atom is 0.191 e. The molecule has 1 aliphatic heterocycles. The monoisotopic (exact) mass is 401 g/mol. The predicted octanol–water partition coefficient (Wildman–Crippen LogP) is 3.53. The van der Waals surface area contributed by atoms with Crippen molar-refractivity contribution >= 4 is 29.2 Å². The summed E-state index contributed by atoms with van der Waals surface area (Å²) in [6, 6.07) is 5.58. The van der Waals surface area contributed by atoms with Crippen LogP contribution in [0.5, 0.6) is 0 Å². The molecule has 2 N–H and O–H groups in total. The molecule has 0 bridgehead atoms. The fraction of sp³-hybridized carbons (Fsp3) is 0.632. The first-order valence-electron chi connectivity index (χ1n) is 9.31. The van der Waals surface area contributed by atoms with Gasteiger partial charge in [0.05, 0.1) is 13.2 Å². The number of hydrogen-bond acceptors (Lipinski definition) is 3. The Bertz CT molecular complexity index is 543. The number of aliphatic imine (C=N–C) groups is 1. The Morgan fingerprint density at radius 3 is 2.81 bits per heavy atom. The maximum atomic E-state index is 6.21. The van der Waals surface area contributed by atoms with E-state index in [-0.39, 0.29) is 0 Å². The molecule has 0 radical (unpaired) electrons. The summed E-state index contributed by atoms with van der Waals surface area (Å²) in [5.74, 6) is 1.37. The third kappa shape index (κ3) is 7.70. The highest BCUT2D eigenvalue weighted by Crippen LogP contribution is 2.24. The van der Waals surface area contributed by atoms with Crippen LogP contribution in [0.15, 0.2) is 23.2 Å². The third-order valence-electron chi connectivity index (χ3n) is 4.17. The van der Waals surface area contributed by atoms with Crippen molar-refractivity contribution in [2.24, 2.45) is 10.9 Å². The molecule has 1 unspecified atom stereocenters. The van der Waals surface area contributed by atoms with E-state index in [2.05, 4.69) is 22.5 Å². The van der Waals surface area contributed by atoms with Crippen molar-refractivity contribution in [3.63, 3.8) is 0 Å². The van der Waals surface area contributed by atoms with E-state index in [0.717, 1.165) is 70.3 Å². The quantitative estimate of drug-likeness (QED) is 0.357. The smallest absolute Gasteiger partial charge is 0.191 e. The maximum absolute atomic E-state index is 6.21. The van der Waals surface area contributed by atoms with Gasteiger partial charge in [0.25, 0.3) is 0 Å². The minimum atomic E-state index is 0.564. The van der Waals surface area contributed by atoms with E-state index in [9.17, 15) is 0 Å². The second-order valence-corrected chi connectivity index (χ2v) is 7.11. The van der Waals surface area contributed by atoms with Gasteiger partial charge >= 0.3 is 0 Å². The first-order chi connectivity index (χ1) is 12.7. The summed E-state index contributed by atoms with van der Waals surface area (Å²) < 4.78 is 11.0. The molecule has 5 nitrogen and oxygen atoms in total. The predicted molar refractivity (Wildman–Crippen MR) is 109 cm³/mol. The van der Waals surface area contributed by atoms with E-state index in [0.29, 0.717) is 22.5 Å². The van der Waals surface area contributed by atoms with Gasteiger partial charge in [-0.25, -0.2) is 0 Å². The number of ether oxygens (including phenoxy) is 2. The Hall–Kier alpha value is -1.01. The van der Waals surface area contributed by atoms with Gasteiger partial charge < -0.3 is 20.1 Å². The van der Waals surface area contributed by atoms with Crippen molar-refractivity contribution in [1.29, 1.82) is 0 Å². The number of hydrogen-bond donors (Lipinski definition) is 2. The first-order valence-corrected chi connectivity index (χ1v) is 10.1. The Morgan fingerprint density at radius 1 is 1.31 bits per heavy atom. The summed E-state index contributed by atoms with van der Waals surface area (Å²) in [5, 5.41) is 7.97. The number of benzene rings is 1. The average Bonchev–Trinajstić information content (AvgIpc) is 3.13. The standard InChI is InChI=1S/C19H29Cl2N3O2/c1-2-22-19(23-9-4-11-25-13-15-8-12-26-14-15)24-10-7-16-17(20)5-3-6-18(16)21/h3,5-6,15H,2,4,7-14H2,1H3,(H2,22,23,24). The molecule has 0 aromatic heterocycles. The lowest BCUT2D eigenvalue weighted by Gasteiger charge is -2.13. The number of nitrogens with one attached hydrogen (secondary N) is 2. The van der Waals surface area contributed by atoms with Crippen LogP contribution in [0.4, 0.5) is 0 Å². The topological polar surface area (TPSA) is 54.9 Å². The van der Waals surface area contributed by atoms with E-state index < -0.39 is 0 Å². The van der Waals surface area contributed by atoms with Gasteiger partial charge in [-0.2, -0.15) is 0 Å². The molecule has 26 heavy (non-hydrogen) atoms. The number of nitrogens with zero attached hydrogens (tertiary/aromatic N) is 1. The van der Waals surface area contributed by atoms with Crippen LogP contribution in [0.3, 0.4) is 0 Å². The molecule has 1 aromatic carbocycles. The zero-order valence-corrected chi connectivity index (χ0v) is 16.9. The summed E-state index contributed by atoms with van der Waals surface area (Å²) in [5.41, 5.74) is 0.962. The van der Waals surface area contributed by atoms with Crippen LogP contribution < -0.4 is 10.6 Å². The minimum Gasteiger partial charge on any atom is -0.381 e. The van der Waals surface area contributed by atoms with E-state index in [4.69, 9.17) is 32.7 Å². The fourth-order valence-electron chi connectivity index (χ4n) is 2.74. The largest absolute Gasteiger partial charge is 0.381 e. The summed E-state index contributed by atoms with van der Waals surface area (Å²) in [4.78, 5) is 4.58. The third-order valence-corrected chi connectivity index (χ3v) is 4.88. The molecule has 7 heteroatoms. The van der Waals surface area contributed by atoms with E-state index in [1.165, 1.54) is 0 Å². The van der Waals surface area contributed by atoms with Gasteiger partial charge in [-0.05, 0) is 43.9 Å². The molecule has 1 saturated heterocycles. The molecular weight excluding hydrogens is 373 g/mol. The molecule has 0 spiro atoms. The van der Waals surface area contributed by atoms with Crippen LogP contribution in [0.25, 0.3) is 0 Å². The second kappa shape index (κ2) is 12.4. The van der Waals surface area contributed by atoms with Crippen molar-refractivity contribution in [1.82, 2.24) is 10.6 Å². The lowest BCUT2D eigenvalue weighted by atomic mass is 10.1. The van der Waals surface area contributed by atoms with Crippen molar-refractivity contribution in [3.05, 3.63) is 33.8 Å². The van der Waals surface area contributed by atoms with Gasteiger partial charge in [-0.1, -0.05) is 29.3 Å². The van der Waals surface area contributed by atoms with Crippen molar-refractivity contribution in [3.8, 4) is 0 Å². The van der Waals surface area contributed by atoms with Crippen molar-refractivity contribution in [2.75, 3.05) is 46.1 Å². The number of rotatable bonds is 10. The van der Waals surface area contributed by atoms with Gasteiger partial charge in [0.1, 0.15) is 0 Å². The summed E-state index contributed by atoms with van der Waals surface area (Å²) >= 11 is 12.4. The van der Waals surface area contributed by atoms with Crippen LogP contribution in [0.2, 0.25) is 10.0 Å². The molecule has 0 aliphatic carbocycles. The SMILES string of the molecule is CCNC(=NCCCOCC1CCOC1)NCCc1c(Cl)cccc1Cl. The van der Waals surface area contributed by atoms with Crippen LogP contribution >= 0.6 is 23.2 Å². The normalized spacial score (nSPS) is 17.5. The zero-order valence-electron chi connectivity index (χ0n) is 15.4. The lowest BCUT2D eigenvalue weighted by molar-refractivity contribution is 0.0893. The summed E-state index contributed by atoms with van der Waals surface area (Å²) in [6.45, 7) is 7.54. The van der Waals surface area contributed by atoms with Gasteiger partial charge in [-0.15, -0.1) is 0 Å². The molecule has 1 aliphatic rings. The van der Waals surface area contributed by atoms with Crippen LogP contribution in [0.1, 0.15) is 25.3 Å². The Kier molecular flexibility index (Phi) is 10.1. The van der Waals surface area contributed by atoms with Crippen LogP contribution in [-0.2, 0) is 15.9 Å². The van der Waals surface area contributed by atoms with Crippen molar-refractivity contribution in [2.45, 2.75) is 26.2 Å². The highest BCUT2D eigenvalue weighted by molar-refractivity contribution is 6.35. The highest BCUT2D eigenvalue weighted by atomic mass is 35.5. The van der Waals surface area contributed by atoms with E-state index in [1.807, 2.05) is 18.2 Å². The number of halogens is 2. The lowest BCUT2D eigenvalue weighted by Crippen LogP contribution is -2.38. The Morgan fingerprint density at radius 2 is 2.12 bits per heavy atom. The van der Waals surface area contributed by atoms with Gasteiger partial charge in [0.2, 0.25) is 0 Å². The second-order valence-electron chi connectivity index (χ2n) is 6.30. The molecule has 146 valence electrons. The van der Waals surface area contributed by atoms with Gasteiger partial charge in [0.15, 0.2) is 5.96 Å². The zero-order chi connectivity index (χ0) is 18.6. The average molecular weight is 402 g/mol. The molecule has 0 saturated carbocycles. The Labute approximate surface area is 166 Å². The van der Waals surface area contributed by atoms with Gasteiger partial charge in [0, 0.05) is 48.8 Å². The molecule has 1 atom stereocenters. The summed E-state index contributed by atoms with van der Waals surface area (Å²) in [6.07, 6.45) is 2.76. The molecule has 1 aromatic rings. The van der Waals surface area contributed by atoms with Crippen molar-refractivity contribution < 1.29 is 9.47 Å². The molecule has 1 heterocycles. The van der Waals surface area contributed by atoms with E-state index >= 15 is 0 Å². The molecule has 2 rings (SSSR count). The highest BCUT2D eigenvalue weighted by Gasteiger charge is 2.15. The van der Waals surface area contributed by atoms with Crippen LogP contribution in [0, 0.1) is 5.92 Å². The fourth-order valence-corrected chi connectivity index (χ4v) is 3.33.